The first-order chi connectivity index (χ1) is 9.31. The Balaban J connectivity index is 1.95. The number of nitrogens with one attached hydrogen (secondary N) is 1. The molecule has 0 radical (unpaired) electrons. The van der Waals surface area contributed by atoms with Gasteiger partial charge in [-0.2, -0.15) is 0 Å². The van der Waals surface area contributed by atoms with E-state index in [0.717, 1.165) is 17.9 Å². The van der Waals surface area contributed by atoms with E-state index in [2.05, 4.69) is 29.8 Å². The van der Waals surface area contributed by atoms with Gasteiger partial charge < -0.3 is 15.2 Å². The zero-order valence-electron chi connectivity index (χ0n) is 11.0. The van der Waals surface area contributed by atoms with Crippen molar-refractivity contribution in [3.63, 3.8) is 0 Å². The molecule has 1 heterocycles. The summed E-state index contributed by atoms with van der Waals surface area (Å²) in [6.07, 6.45) is 0. The van der Waals surface area contributed by atoms with Crippen LogP contribution in [0.4, 0.5) is 0 Å². The van der Waals surface area contributed by atoms with E-state index in [1.165, 1.54) is 4.88 Å². The van der Waals surface area contributed by atoms with Crippen LogP contribution >= 0.6 is 11.3 Å². The topological polar surface area (TPSA) is 41.5 Å². The summed E-state index contributed by atoms with van der Waals surface area (Å²) < 4.78 is 5.52. The summed E-state index contributed by atoms with van der Waals surface area (Å²) in [4.78, 5) is 1.33. The van der Waals surface area contributed by atoms with Gasteiger partial charge in [0.15, 0.2) is 0 Å². The van der Waals surface area contributed by atoms with Crippen molar-refractivity contribution in [2.24, 2.45) is 0 Å². The largest absolute Gasteiger partial charge is 0.491 e. The lowest BCUT2D eigenvalue weighted by Gasteiger charge is -2.15. The molecule has 0 aliphatic carbocycles. The minimum absolute atomic E-state index is 0.0351. The highest BCUT2D eigenvalue weighted by molar-refractivity contribution is 7.10. The summed E-state index contributed by atoms with van der Waals surface area (Å²) >= 11 is 1.76. The molecule has 4 heteroatoms. The van der Waals surface area contributed by atoms with E-state index in [1.807, 2.05) is 24.3 Å². The summed E-state index contributed by atoms with van der Waals surface area (Å²) in [6.45, 7) is 3.27. The number of benzene rings is 1. The fourth-order valence-electron chi connectivity index (χ4n) is 1.85. The number of ether oxygens (including phenoxy) is 1. The van der Waals surface area contributed by atoms with Crippen molar-refractivity contribution in [1.82, 2.24) is 5.32 Å². The average molecular weight is 277 g/mol. The van der Waals surface area contributed by atoms with Crippen molar-refractivity contribution in [3.05, 3.63) is 52.2 Å². The molecule has 3 nitrogen and oxygen atoms in total. The Morgan fingerprint density at radius 1 is 1.26 bits per heavy atom. The lowest BCUT2D eigenvalue weighted by Crippen LogP contribution is -2.18. The van der Waals surface area contributed by atoms with Crippen LogP contribution in [0.5, 0.6) is 5.75 Å². The Bertz CT molecular complexity index is 485. The first-order valence-electron chi connectivity index (χ1n) is 6.39. The van der Waals surface area contributed by atoms with Crippen molar-refractivity contribution in [2.75, 3.05) is 13.2 Å². The molecule has 1 atom stereocenters. The van der Waals surface area contributed by atoms with Crippen LogP contribution in [0.15, 0.2) is 41.8 Å². The van der Waals surface area contributed by atoms with E-state index in [1.54, 1.807) is 11.3 Å². The number of hydrogen-bond donors (Lipinski definition) is 2. The van der Waals surface area contributed by atoms with Gasteiger partial charge in [-0.25, -0.2) is 0 Å². The first kappa shape index (κ1) is 14.1. The highest BCUT2D eigenvalue weighted by atomic mass is 32.1. The quantitative estimate of drug-likeness (QED) is 0.817. The first-order valence-corrected chi connectivity index (χ1v) is 7.27. The average Bonchev–Trinajstić information content (AvgIpc) is 2.97. The maximum Gasteiger partial charge on any atom is 0.123 e. The molecule has 0 saturated heterocycles. The van der Waals surface area contributed by atoms with Crippen molar-refractivity contribution >= 4 is 11.3 Å². The molecular formula is C15H19NO2S. The number of thiophene rings is 1. The van der Waals surface area contributed by atoms with Gasteiger partial charge >= 0.3 is 0 Å². The fraction of sp³-hybridized carbons (Fsp3) is 0.333. The molecule has 0 amide bonds. The van der Waals surface area contributed by atoms with Crippen molar-refractivity contribution in [3.8, 4) is 5.75 Å². The van der Waals surface area contributed by atoms with E-state index in [9.17, 15) is 0 Å². The van der Waals surface area contributed by atoms with E-state index in [-0.39, 0.29) is 6.61 Å². The zero-order chi connectivity index (χ0) is 13.5. The lowest BCUT2D eigenvalue weighted by atomic mass is 10.2. The molecule has 1 aromatic carbocycles. The van der Waals surface area contributed by atoms with Crippen LogP contribution in [-0.2, 0) is 6.54 Å². The maximum absolute atomic E-state index is 8.82. The molecule has 0 aliphatic rings. The maximum atomic E-state index is 8.82. The van der Waals surface area contributed by atoms with E-state index >= 15 is 0 Å². The van der Waals surface area contributed by atoms with E-state index in [4.69, 9.17) is 9.84 Å². The minimum atomic E-state index is 0.0351. The van der Waals surface area contributed by atoms with Gasteiger partial charge in [0, 0.05) is 23.0 Å². The second-order valence-corrected chi connectivity index (χ2v) is 5.28. The molecule has 0 fully saturated rings. The lowest BCUT2D eigenvalue weighted by molar-refractivity contribution is 0.200. The smallest absolute Gasteiger partial charge is 0.123 e. The molecule has 0 bridgehead atoms. The monoisotopic (exact) mass is 277 g/mol. The van der Waals surface area contributed by atoms with Gasteiger partial charge in [-0.05, 0) is 24.4 Å². The zero-order valence-corrected chi connectivity index (χ0v) is 11.8. The van der Waals surface area contributed by atoms with Crippen LogP contribution in [0.3, 0.4) is 0 Å². The summed E-state index contributed by atoms with van der Waals surface area (Å²) in [7, 11) is 0. The number of aliphatic hydroxyl groups is 1. The van der Waals surface area contributed by atoms with Gasteiger partial charge in [0.1, 0.15) is 12.4 Å². The number of hydrogen-bond acceptors (Lipinski definition) is 4. The molecule has 102 valence electrons. The number of aliphatic hydroxyl groups excluding tert-OH is 1. The Kier molecular flexibility index (Phi) is 5.39. The Labute approximate surface area is 117 Å². The molecule has 1 aromatic heterocycles. The predicted octanol–water partition coefficient (Wildman–Crippen LogP) is 2.97. The van der Waals surface area contributed by atoms with Gasteiger partial charge in [0.25, 0.3) is 0 Å². The normalized spacial score (nSPS) is 12.3. The van der Waals surface area contributed by atoms with Crippen LogP contribution < -0.4 is 10.1 Å². The van der Waals surface area contributed by atoms with Gasteiger partial charge in [-0.15, -0.1) is 11.3 Å². The summed E-state index contributed by atoms with van der Waals surface area (Å²) in [5.74, 6) is 0.836. The molecule has 1 unspecified atom stereocenters. The van der Waals surface area contributed by atoms with Gasteiger partial charge in [0.05, 0.1) is 6.61 Å². The molecule has 2 N–H and O–H groups in total. The van der Waals surface area contributed by atoms with Gasteiger partial charge in [0.2, 0.25) is 0 Å². The van der Waals surface area contributed by atoms with Crippen molar-refractivity contribution < 1.29 is 9.84 Å². The van der Waals surface area contributed by atoms with Gasteiger partial charge in [-0.1, -0.05) is 24.3 Å². The third-order valence-electron chi connectivity index (χ3n) is 2.89. The standard InChI is InChI=1S/C15H19NO2S/c1-12(15-7-4-10-19-15)16-11-13-5-2-3-6-14(13)18-9-8-17/h2-7,10,12,16-17H,8-9,11H2,1H3. The third kappa shape index (κ3) is 4.06. The van der Waals surface area contributed by atoms with E-state index < -0.39 is 0 Å². The molecule has 0 aliphatic heterocycles. The molecular weight excluding hydrogens is 258 g/mol. The fourth-order valence-corrected chi connectivity index (χ4v) is 2.61. The second-order valence-electron chi connectivity index (χ2n) is 4.30. The van der Waals surface area contributed by atoms with Crippen molar-refractivity contribution in [1.29, 1.82) is 0 Å². The van der Waals surface area contributed by atoms with Crippen LogP contribution in [0, 0.1) is 0 Å². The Morgan fingerprint density at radius 3 is 2.84 bits per heavy atom. The third-order valence-corrected chi connectivity index (χ3v) is 3.95. The second kappa shape index (κ2) is 7.28. The van der Waals surface area contributed by atoms with Crippen LogP contribution in [0.25, 0.3) is 0 Å². The van der Waals surface area contributed by atoms with Gasteiger partial charge in [-0.3, -0.25) is 0 Å². The molecule has 2 rings (SSSR count). The molecule has 2 aromatic rings. The Hall–Kier alpha value is -1.36. The summed E-state index contributed by atoms with van der Waals surface area (Å²) in [6, 6.07) is 12.4. The minimum Gasteiger partial charge on any atom is -0.491 e. The summed E-state index contributed by atoms with van der Waals surface area (Å²) in [5.41, 5.74) is 1.11. The molecule has 0 saturated carbocycles. The molecule has 0 spiro atoms. The van der Waals surface area contributed by atoms with Crippen LogP contribution in [0.2, 0.25) is 0 Å². The SMILES string of the molecule is CC(NCc1ccccc1OCCO)c1cccs1. The predicted molar refractivity (Wildman–Crippen MR) is 78.6 cm³/mol. The van der Waals surface area contributed by atoms with Crippen LogP contribution in [-0.4, -0.2) is 18.3 Å². The number of para-hydroxylation sites is 1. The Morgan fingerprint density at radius 2 is 2.11 bits per heavy atom. The molecule has 19 heavy (non-hydrogen) atoms. The highest BCUT2D eigenvalue weighted by Crippen LogP contribution is 2.21. The number of rotatable bonds is 7. The van der Waals surface area contributed by atoms with E-state index in [0.29, 0.717) is 12.6 Å². The highest BCUT2D eigenvalue weighted by Gasteiger charge is 2.08. The summed E-state index contributed by atoms with van der Waals surface area (Å²) in [5, 5.41) is 14.4. The van der Waals surface area contributed by atoms with Crippen LogP contribution in [0.1, 0.15) is 23.4 Å². The van der Waals surface area contributed by atoms with Crippen molar-refractivity contribution in [2.45, 2.75) is 19.5 Å².